The Labute approximate surface area is 85.2 Å². The van der Waals surface area contributed by atoms with Gasteiger partial charge in [-0.15, -0.1) is 0 Å². The summed E-state index contributed by atoms with van der Waals surface area (Å²) in [6.45, 7) is 6.83. The predicted molar refractivity (Wildman–Crippen MR) is 55.2 cm³/mol. The molecular weight excluding hydrogens is 200 g/mol. The van der Waals surface area contributed by atoms with Gasteiger partial charge >= 0.3 is 0 Å². The van der Waals surface area contributed by atoms with E-state index in [2.05, 4.69) is 14.8 Å². The van der Waals surface area contributed by atoms with Gasteiger partial charge in [0.1, 0.15) is 0 Å². The van der Waals surface area contributed by atoms with E-state index in [4.69, 9.17) is 23.9 Å². The average molecular weight is 205 g/mol. The largest absolute Gasteiger partial charge is 0.381 e. The van der Waals surface area contributed by atoms with Gasteiger partial charge in [-0.05, 0) is 12.1 Å². The third-order valence-corrected chi connectivity index (χ3v) is 2.04. The highest BCUT2D eigenvalue weighted by Crippen LogP contribution is 2.22. The standard InChI is InChI=1S/C9H5ClN4/c1-12-5-2-3-6-7(4-5)14-9(11)8(10)13-6/h2-4H,(H2,11,14). The van der Waals surface area contributed by atoms with Crippen LogP contribution in [0.2, 0.25) is 5.15 Å². The Morgan fingerprint density at radius 1 is 1.29 bits per heavy atom. The number of fused-ring (bicyclic) bond motifs is 1. The summed E-state index contributed by atoms with van der Waals surface area (Å²) in [5.41, 5.74) is 7.22. The van der Waals surface area contributed by atoms with Gasteiger partial charge in [0.2, 0.25) is 0 Å². The van der Waals surface area contributed by atoms with Crippen LogP contribution in [0.15, 0.2) is 18.2 Å². The van der Waals surface area contributed by atoms with E-state index in [1.54, 1.807) is 18.2 Å². The van der Waals surface area contributed by atoms with E-state index in [1.165, 1.54) is 0 Å². The number of hydrogen-bond acceptors (Lipinski definition) is 3. The molecular formula is C9H5ClN4. The lowest BCUT2D eigenvalue weighted by molar-refractivity contribution is 1.30. The lowest BCUT2D eigenvalue weighted by Crippen LogP contribution is -1.94. The highest BCUT2D eigenvalue weighted by Gasteiger charge is 2.03. The molecule has 4 nitrogen and oxygen atoms in total. The Hall–Kier alpha value is -1.86. The van der Waals surface area contributed by atoms with Crippen molar-refractivity contribution in [3.05, 3.63) is 34.8 Å². The summed E-state index contributed by atoms with van der Waals surface area (Å²) in [5, 5.41) is 0.188. The summed E-state index contributed by atoms with van der Waals surface area (Å²) in [6, 6.07) is 4.99. The first-order chi connectivity index (χ1) is 6.70. The van der Waals surface area contributed by atoms with Crippen molar-refractivity contribution in [3.63, 3.8) is 0 Å². The van der Waals surface area contributed by atoms with Gasteiger partial charge in [-0.1, -0.05) is 17.7 Å². The van der Waals surface area contributed by atoms with Crippen LogP contribution in [0.3, 0.4) is 0 Å². The van der Waals surface area contributed by atoms with Gasteiger partial charge in [0, 0.05) is 0 Å². The minimum absolute atomic E-state index is 0.182. The Bertz CT molecular complexity index is 544. The molecule has 0 fully saturated rings. The molecule has 0 atom stereocenters. The summed E-state index contributed by atoms with van der Waals surface area (Å²) < 4.78 is 0. The number of hydrogen-bond donors (Lipinski definition) is 1. The van der Waals surface area contributed by atoms with Crippen molar-refractivity contribution in [2.75, 3.05) is 5.73 Å². The molecule has 14 heavy (non-hydrogen) atoms. The first kappa shape index (κ1) is 8.73. The van der Waals surface area contributed by atoms with Gasteiger partial charge < -0.3 is 5.73 Å². The first-order valence-electron chi connectivity index (χ1n) is 3.81. The maximum absolute atomic E-state index is 6.83. The number of halogens is 1. The maximum atomic E-state index is 6.83. The zero-order chi connectivity index (χ0) is 10.1. The predicted octanol–water partition coefficient (Wildman–Crippen LogP) is 2.42. The summed E-state index contributed by atoms with van der Waals surface area (Å²) in [5.74, 6) is 0.182. The quantitative estimate of drug-likeness (QED) is 0.671. The first-order valence-corrected chi connectivity index (χ1v) is 4.19. The van der Waals surface area contributed by atoms with Crippen molar-refractivity contribution in [1.29, 1.82) is 0 Å². The molecule has 2 rings (SSSR count). The minimum atomic E-state index is 0.182. The maximum Gasteiger partial charge on any atom is 0.189 e. The van der Waals surface area contributed by atoms with Crippen LogP contribution in [0.4, 0.5) is 11.5 Å². The second kappa shape index (κ2) is 3.13. The lowest BCUT2D eigenvalue weighted by Gasteiger charge is -2.00. The van der Waals surface area contributed by atoms with E-state index in [-0.39, 0.29) is 11.0 Å². The summed E-state index contributed by atoms with van der Waals surface area (Å²) in [7, 11) is 0. The van der Waals surface area contributed by atoms with E-state index in [0.29, 0.717) is 16.7 Å². The molecule has 0 aliphatic carbocycles. The van der Waals surface area contributed by atoms with E-state index in [9.17, 15) is 0 Å². The zero-order valence-corrected chi connectivity index (χ0v) is 7.78. The Morgan fingerprint density at radius 3 is 2.79 bits per heavy atom. The smallest absolute Gasteiger partial charge is 0.189 e. The molecule has 1 heterocycles. The molecule has 2 aromatic rings. The number of nitrogens with zero attached hydrogens (tertiary/aromatic N) is 3. The lowest BCUT2D eigenvalue weighted by atomic mass is 10.2. The van der Waals surface area contributed by atoms with Crippen LogP contribution in [-0.2, 0) is 0 Å². The molecule has 0 spiro atoms. The van der Waals surface area contributed by atoms with E-state index in [1.807, 2.05) is 0 Å². The van der Waals surface area contributed by atoms with Crippen LogP contribution in [0.25, 0.3) is 15.9 Å². The van der Waals surface area contributed by atoms with Crippen LogP contribution < -0.4 is 5.73 Å². The van der Waals surface area contributed by atoms with Crippen molar-refractivity contribution in [1.82, 2.24) is 9.97 Å². The molecule has 5 heteroatoms. The van der Waals surface area contributed by atoms with Crippen LogP contribution in [0, 0.1) is 6.57 Å². The summed E-state index contributed by atoms with van der Waals surface area (Å²) in [4.78, 5) is 11.3. The molecule has 2 N–H and O–H groups in total. The molecule has 0 unspecified atom stereocenters. The topological polar surface area (TPSA) is 56.2 Å². The summed E-state index contributed by atoms with van der Waals surface area (Å²) >= 11 is 5.70. The highest BCUT2D eigenvalue weighted by molar-refractivity contribution is 6.31. The van der Waals surface area contributed by atoms with Crippen LogP contribution in [0.1, 0.15) is 0 Å². The molecule has 1 aromatic heterocycles. The fourth-order valence-corrected chi connectivity index (χ4v) is 1.24. The second-order valence-electron chi connectivity index (χ2n) is 2.68. The second-order valence-corrected chi connectivity index (χ2v) is 3.04. The van der Waals surface area contributed by atoms with Gasteiger partial charge in [0.15, 0.2) is 16.7 Å². The Morgan fingerprint density at radius 2 is 2.07 bits per heavy atom. The van der Waals surface area contributed by atoms with Crippen LogP contribution in [-0.4, -0.2) is 9.97 Å². The third kappa shape index (κ3) is 1.34. The molecule has 0 saturated carbocycles. The number of anilines is 1. The van der Waals surface area contributed by atoms with Crippen LogP contribution in [0.5, 0.6) is 0 Å². The summed E-state index contributed by atoms with van der Waals surface area (Å²) in [6.07, 6.45) is 0. The molecule has 0 bridgehead atoms. The number of rotatable bonds is 0. The average Bonchev–Trinajstić information content (AvgIpc) is 2.19. The van der Waals surface area contributed by atoms with Gasteiger partial charge in [-0.3, -0.25) is 0 Å². The van der Waals surface area contributed by atoms with Crippen molar-refractivity contribution >= 4 is 34.1 Å². The van der Waals surface area contributed by atoms with Gasteiger partial charge in [-0.2, -0.15) is 0 Å². The molecule has 68 valence electrons. The fourth-order valence-electron chi connectivity index (χ4n) is 1.10. The van der Waals surface area contributed by atoms with Crippen LogP contribution >= 0.6 is 11.6 Å². The van der Waals surface area contributed by atoms with Gasteiger partial charge in [0.25, 0.3) is 0 Å². The van der Waals surface area contributed by atoms with E-state index < -0.39 is 0 Å². The van der Waals surface area contributed by atoms with Gasteiger partial charge in [0.05, 0.1) is 17.6 Å². The number of aromatic nitrogens is 2. The fraction of sp³-hybridized carbons (Fsp3) is 0. The SMILES string of the molecule is [C-]#[N+]c1ccc2nc(Cl)c(N)nc2c1. The Kier molecular flexibility index (Phi) is 1.95. The van der Waals surface area contributed by atoms with Crippen molar-refractivity contribution in [2.45, 2.75) is 0 Å². The molecule has 1 aromatic carbocycles. The zero-order valence-electron chi connectivity index (χ0n) is 7.03. The molecule has 0 saturated heterocycles. The number of nitrogen functional groups attached to an aromatic ring is 1. The molecule has 0 amide bonds. The van der Waals surface area contributed by atoms with Crippen molar-refractivity contribution in [3.8, 4) is 0 Å². The van der Waals surface area contributed by atoms with Crippen molar-refractivity contribution < 1.29 is 0 Å². The molecule has 0 radical (unpaired) electrons. The highest BCUT2D eigenvalue weighted by atomic mass is 35.5. The normalized spacial score (nSPS) is 10.0. The Balaban J connectivity index is 2.78. The third-order valence-electron chi connectivity index (χ3n) is 1.76. The molecule has 0 aliphatic heterocycles. The van der Waals surface area contributed by atoms with Crippen molar-refractivity contribution in [2.24, 2.45) is 0 Å². The van der Waals surface area contributed by atoms with E-state index >= 15 is 0 Å². The monoisotopic (exact) mass is 204 g/mol. The van der Waals surface area contributed by atoms with Gasteiger partial charge in [-0.25, -0.2) is 14.8 Å². The molecule has 0 aliphatic rings. The number of nitrogens with two attached hydrogens (primary N) is 1. The minimum Gasteiger partial charge on any atom is -0.381 e. The van der Waals surface area contributed by atoms with E-state index in [0.717, 1.165) is 0 Å². The number of benzene rings is 1.